The maximum atomic E-state index is 12.3. The van der Waals surface area contributed by atoms with E-state index in [-0.39, 0.29) is 18.7 Å². The van der Waals surface area contributed by atoms with Crippen molar-refractivity contribution < 1.29 is 14.3 Å². The molecule has 1 aromatic rings. The first-order valence-corrected chi connectivity index (χ1v) is 8.06. The molecular weight excluding hydrogens is 334 g/mol. The molecule has 4 nitrogen and oxygen atoms in total. The summed E-state index contributed by atoms with van der Waals surface area (Å²) in [6.45, 7) is 0.878. The molecule has 1 saturated heterocycles. The Labute approximate surface area is 131 Å². The highest BCUT2D eigenvalue weighted by molar-refractivity contribution is 9.10. The molecule has 2 aliphatic heterocycles. The van der Waals surface area contributed by atoms with Crippen LogP contribution < -0.4 is 9.47 Å². The molecule has 4 rings (SSSR count). The Morgan fingerprint density at radius 3 is 2.95 bits per heavy atom. The minimum atomic E-state index is 0.251. The second kappa shape index (κ2) is 5.05. The van der Waals surface area contributed by atoms with Crippen LogP contribution in [0.25, 0.3) is 0 Å². The lowest BCUT2D eigenvalue weighted by Crippen LogP contribution is -2.34. The van der Waals surface area contributed by atoms with E-state index >= 15 is 0 Å². The van der Waals surface area contributed by atoms with E-state index in [0.29, 0.717) is 18.9 Å². The van der Waals surface area contributed by atoms with Gasteiger partial charge in [0.1, 0.15) is 0 Å². The molecule has 0 unspecified atom stereocenters. The number of carbonyl (C=O) groups excluding carboxylic acids is 1. The van der Waals surface area contributed by atoms with Gasteiger partial charge in [-0.3, -0.25) is 4.79 Å². The summed E-state index contributed by atoms with van der Waals surface area (Å²) in [5.74, 6) is 2.25. The van der Waals surface area contributed by atoms with Gasteiger partial charge in [0.15, 0.2) is 11.5 Å². The minimum Gasteiger partial charge on any atom is -0.454 e. The molecule has 0 aromatic heterocycles. The summed E-state index contributed by atoms with van der Waals surface area (Å²) < 4.78 is 11.8. The molecule has 21 heavy (non-hydrogen) atoms. The average molecular weight is 350 g/mol. The van der Waals surface area contributed by atoms with Crippen molar-refractivity contribution in [2.24, 2.45) is 5.92 Å². The Kier molecular flexibility index (Phi) is 3.17. The van der Waals surface area contributed by atoms with Crippen molar-refractivity contribution in [3.63, 3.8) is 0 Å². The molecule has 0 spiro atoms. The number of allylic oxidation sites excluding steroid dienone is 1. The summed E-state index contributed by atoms with van der Waals surface area (Å²) in [6.07, 6.45) is 7.28. The van der Waals surface area contributed by atoms with Crippen molar-refractivity contribution in [1.29, 1.82) is 0 Å². The van der Waals surface area contributed by atoms with Gasteiger partial charge >= 0.3 is 0 Å². The summed E-state index contributed by atoms with van der Waals surface area (Å²) in [7, 11) is 0. The molecule has 1 fully saturated rings. The summed E-state index contributed by atoms with van der Waals surface area (Å²) >= 11 is 3.57. The largest absolute Gasteiger partial charge is 0.454 e. The SMILES string of the molecule is O=C1C[C@@H]2CCC=C[C@@H]2N1Cc1cc2c(cc1Br)OCO2. The maximum absolute atomic E-state index is 12.3. The molecule has 0 radical (unpaired) electrons. The maximum Gasteiger partial charge on any atom is 0.231 e. The van der Waals surface area contributed by atoms with E-state index in [4.69, 9.17) is 9.47 Å². The summed E-state index contributed by atoms with van der Waals surface area (Å²) in [6, 6.07) is 4.15. The van der Waals surface area contributed by atoms with E-state index in [0.717, 1.165) is 34.4 Å². The van der Waals surface area contributed by atoms with Crippen LogP contribution in [0.5, 0.6) is 11.5 Å². The molecule has 1 aliphatic carbocycles. The van der Waals surface area contributed by atoms with Crippen molar-refractivity contribution in [2.45, 2.75) is 31.8 Å². The highest BCUT2D eigenvalue weighted by Gasteiger charge is 2.39. The quantitative estimate of drug-likeness (QED) is 0.769. The summed E-state index contributed by atoms with van der Waals surface area (Å²) in [5, 5.41) is 0. The predicted octanol–water partition coefficient (Wildman–Crippen LogP) is 3.24. The van der Waals surface area contributed by atoms with Crippen molar-refractivity contribution >= 4 is 21.8 Å². The Bertz CT molecular complexity index is 628. The number of hydrogen-bond acceptors (Lipinski definition) is 3. The number of benzene rings is 1. The third-order valence-electron chi connectivity index (χ3n) is 4.52. The first-order valence-electron chi connectivity index (χ1n) is 7.26. The number of amides is 1. The molecule has 1 amide bonds. The van der Waals surface area contributed by atoms with Gasteiger partial charge in [-0.15, -0.1) is 0 Å². The Hall–Kier alpha value is -1.49. The topological polar surface area (TPSA) is 38.8 Å². The molecule has 2 heterocycles. The van der Waals surface area contributed by atoms with Gasteiger partial charge in [0.25, 0.3) is 0 Å². The van der Waals surface area contributed by atoms with Gasteiger partial charge in [-0.2, -0.15) is 0 Å². The minimum absolute atomic E-state index is 0.251. The summed E-state index contributed by atoms with van der Waals surface area (Å²) in [4.78, 5) is 14.3. The van der Waals surface area contributed by atoms with E-state index in [9.17, 15) is 4.79 Å². The van der Waals surface area contributed by atoms with Crippen LogP contribution in [0.4, 0.5) is 0 Å². The molecular formula is C16H16BrNO3. The van der Waals surface area contributed by atoms with Gasteiger partial charge in [0.2, 0.25) is 12.7 Å². The van der Waals surface area contributed by atoms with Crippen molar-refractivity contribution in [3.8, 4) is 11.5 Å². The Morgan fingerprint density at radius 1 is 1.29 bits per heavy atom. The number of ether oxygens (including phenoxy) is 2. The van der Waals surface area contributed by atoms with Gasteiger partial charge in [-0.1, -0.05) is 28.1 Å². The molecule has 110 valence electrons. The van der Waals surface area contributed by atoms with Crippen LogP contribution in [0.2, 0.25) is 0 Å². The lowest BCUT2D eigenvalue weighted by molar-refractivity contribution is -0.129. The number of hydrogen-bond donors (Lipinski definition) is 0. The third kappa shape index (κ3) is 2.24. The van der Waals surface area contributed by atoms with Crippen LogP contribution >= 0.6 is 15.9 Å². The van der Waals surface area contributed by atoms with E-state index < -0.39 is 0 Å². The zero-order valence-electron chi connectivity index (χ0n) is 11.5. The second-order valence-electron chi connectivity index (χ2n) is 5.78. The second-order valence-corrected chi connectivity index (χ2v) is 6.63. The van der Waals surface area contributed by atoms with Gasteiger partial charge in [-0.25, -0.2) is 0 Å². The van der Waals surface area contributed by atoms with Crippen LogP contribution in [0.3, 0.4) is 0 Å². The molecule has 3 aliphatic rings. The number of fused-ring (bicyclic) bond motifs is 2. The van der Waals surface area contributed by atoms with Crippen LogP contribution in [-0.4, -0.2) is 23.6 Å². The number of halogens is 1. The first kappa shape index (κ1) is 13.2. The van der Waals surface area contributed by atoms with Crippen molar-refractivity contribution in [1.82, 2.24) is 4.90 Å². The van der Waals surface area contributed by atoms with Crippen molar-refractivity contribution in [3.05, 3.63) is 34.3 Å². The fourth-order valence-electron chi connectivity index (χ4n) is 3.42. The fourth-order valence-corrected chi connectivity index (χ4v) is 3.87. The van der Waals surface area contributed by atoms with Gasteiger partial charge in [0, 0.05) is 17.4 Å². The highest BCUT2D eigenvalue weighted by Crippen LogP contribution is 2.39. The number of rotatable bonds is 2. The van der Waals surface area contributed by atoms with Crippen LogP contribution in [0.1, 0.15) is 24.8 Å². The highest BCUT2D eigenvalue weighted by atomic mass is 79.9. The zero-order chi connectivity index (χ0) is 14.4. The van der Waals surface area contributed by atoms with E-state index in [1.807, 2.05) is 17.0 Å². The molecule has 2 atom stereocenters. The van der Waals surface area contributed by atoms with E-state index in [2.05, 4.69) is 28.1 Å². The van der Waals surface area contributed by atoms with Crippen LogP contribution in [0.15, 0.2) is 28.8 Å². The molecule has 0 saturated carbocycles. The van der Waals surface area contributed by atoms with Gasteiger partial charge in [0.05, 0.1) is 6.04 Å². The predicted molar refractivity (Wildman–Crippen MR) is 81.1 cm³/mol. The number of likely N-dealkylation sites (tertiary alicyclic amines) is 1. The average Bonchev–Trinajstić information content (AvgIpc) is 3.04. The van der Waals surface area contributed by atoms with Gasteiger partial charge in [-0.05, 0) is 36.5 Å². The number of carbonyl (C=O) groups is 1. The number of nitrogens with zero attached hydrogens (tertiary/aromatic N) is 1. The monoisotopic (exact) mass is 349 g/mol. The third-order valence-corrected chi connectivity index (χ3v) is 5.26. The molecule has 0 bridgehead atoms. The molecule has 0 N–H and O–H groups in total. The van der Waals surface area contributed by atoms with Crippen LogP contribution in [-0.2, 0) is 11.3 Å². The lowest BCUT2D eigenvalue weighted by atomic mass is 9.90. The standard InChI is InChI=1S/C16H16BrNO3/c17-12-7-15-14(20-9-21-15)5-11(12)8-18-13-4-2-1-3-10(13)6-16(18)19/h2,4-5,7,10,13H,1,3,6,8-9H2/t10-,13-/m0/s1. The van der Waals surface area contributed by atoms with Crippen LogP contribution in [0, 0.1) is 5.92 Å². The Balaban J connectivity index is 1.62. The first-order chi connectivity index (χ1) is 10.2. The smallest absolute Gasteiger partial charge is 0.231 e. The van der Waals surface area contributed by atoms with Gasteiger partial charge < -0.3 is 14.4 Å². The fraction of sp³-hybridized carbons (Fsp3) is 0.438. The van der Waals surface area contributed by atoms with Crippen molar-refractivity contribution in [2.75, 3.05) is 6.79 Å². The molecule has 1 aromatic carbocycles. The normalized spacial score (nSPS) is 26.3. The zero-order valence-corrected chi connectivity index (χ0v) is 13.1. The Morgan fingerprint density at radius 2 is 2.10 bits per heavy atom. The lowest BCUT2D eigenvalue weighted by Gasteiger charge is -2.28. The molecule has 5 heteroatoms. The van der Waals surface area contributed by atoms with E-state index in [1.165, 1.54) is 0 Å². The van der Waals surface area contributed by atoms with E-state index in [1.54, 1.807) is 0 Å². The summed E-state index contributed by atoms with van der Waals surface area (Å²) in [5.41, 5.74) is 1.06.